The zero-order valence-corrected chi connectivity index (χ0v) is 19.5. The third kappa shape index (κ3) is 7.59. The summed E-state index contributed by atoms with van der Waals surface area (Å²) < 4.78 is 5.71. The molecule has 3 saturated carbocycles. The van der Waals surface area contributed by atoms with Crippen LogP contribution in [0.2, 0.25) is 0 Å². The lowest BCUT2D eigenvalue weighted by molar-refractivity contribution is -0.151. The van der Waals surface area contributed by atoms with Crippen LogP contribution >= 0.6 is 0 Å². The maximum Gasteiger partial charge on any atom is 0.306 e. The van der Waals surface area contributed by atoms with Crippen LogP contribution in [0, 0.1) is 29.6 Å². The Morgan fingerprint density at radius 1 is 0.690 bits per heavy atom. The molecular weight excluding hydrogens is 356 g/mol. The monoisotopic (exact) mass is 404 g/mol. The Morgan fingerprint density at radius 3 is 1.69 bits per heavy atom. The van der Waals surface area contributed by atoms with Crippen molar-refractivity contribution in [1.29, 1.82) is 0 Å². The van der Waals surface area contributed by atoms with Crippen molar-refractivity contribution in [2.75, 3.05) is 0 Å². The topological polar surface area (TPSA) is 26.3 Å². The molecule has 0 bridgehead atoms. The van der Waals surface area contributed by atoms with E-state index in [0.29, 0.717) is 6.42 Å². The molecule has 3 aliphatic carbocycles. The second-order valence-corrected chi connectivity index (χ2v) is 10.8. The van der Waals surface area contributed by atoms with E-state index in [-0.39, 0.29) is 12.1 Å². The third-order valence-electron chi connectivity index (χ3n) is 8.84. The molecule has 0 heterocycles. The molecule has 0 spiro atoms. The van der Waals surface area contributed by atoms with E-state index in [1.165, 1.54) is 83.5 Å². The van der Waals surface area contributed by atoms with Crippen LogP contribution in [0.4, 0.5) is 0 Å². The molecular formula is C27H48O2. The fourth-order valence-electron chi connectivity index (χ4n) is 6.59. The van der Waals surface area contributed by atoms with E-state index >= 15 is 0 Å². The van der Waals surface area contributed by atoms with E-state index in [9.17, 15) is 4.79 Å². The van der Waals surface area contributed by atoms with Crippen LogP contribution in [0.1, 0.15) is 129 Å². The minimum absolute atomic E-state index is 0.0407. The molecule has 168 valence electrons. The average molecular weight is 405 g/mol. The van der Waals surface area contributed by atoms with Crippen LogP contribution in [0.5, 0.6) is 0 Å². The van der Waals surface area contributed by atoms with Gasteiger partial charge in [-0.2, -0.15) is 0 Å². The Kier molecular flexibility index (Phi) is 9.86. The van der Waals surface area contributed by atoms with Gasteiger partial charge in [-0.3, -0.25) is 4.79 Å². The Bertz CT molecular complexity index is 449. The predicted octanol–water partition coefficient (Wildman–Crippen LogP) is 8.08. The normalized spacial score (nSPS) is 35.9. The molecule has 0 atom stereocenters. The molecule has 0 aromatic carbocycles. The second-order valence-electron chi connectivity index (χ2n) is 10.8. The molecule has 0 radical (unpaired) electrons. The van der Waals surface area contributed by atoms with Crippen molar-refractivity contribution < 1.29 is 9.53 Å². The van der Waals surface area contributed by atoms with Crippen molar-refractivity contribution in [3.8, 4) is 0 Å². The minimum atomic E-state index is 0.0407. The van der Waals surface area contributed by atoms with E-state index < -0.39 is 0 Å². The number of rotatable bonds is 9. The lowest BCUT2D eigenvalue weighted by atomic mass is 9.69. The zero-order valence-electron chi connectivity index (χ0n) is 19.5. The fraction of sp³-hybridized carbons (Fsp3) is 0.963. The summed E-state index contributed by atoms with van der Waals surface area (Å²) in [6, 6.07) is 0. The van der Waals surface area contributed by atoms with Gasteiger partial charge in [-0.25, -0.2) is 0 Å². The summed E-state index contributed by atoms with van der Waals surface area (Å²) in [6.07, 6.45) is 24.1. The summed E-state index contributed by atoms with van der Waals surface area (Å²) in [4.78, 5) is 11.9. The molecule has 2 heteroatoms. The molecule has 0 amide bonds. The van der Waals surface area contributed by atoms with Gasteiger partial charge in [0.25, 0.3) is 0 Å². The van der Waals surface area contributed by atoms with Gasteiger partial charge >= 0.3 is 5.97 Å². The van der Waals surface area contributed by atoms with Crippen molar-refractivity contribution in [2.24, 2.45) is 29.6 Å². The van der Waals surface area contributed by atoms with Gasteiger partial charge in [0.15, 0.2) is 0 Å². The van der Waals surface area contributed by atoms with Gasteiger partial charge in [-0.1, -0.05) is 78.1 Å². The summed E-state index contributed by atoms with van der Waals surface area (Å²) in [5, 5.41) is 0. The molecule has 0 saturated heterocycles. The standard InChI is InChI=1S/C27H48O2/c1-3-5-6-27(28)29-26-19-17-25(18-20-26)24-15-13-23(14-16-24)12-11-22-9-7-21(4-2)8-10-22/h21-26H,3-20H2,1-2H3. The molecule has 2 nitrogen and oxygen atoms in total. The van der Waals surface area contributed by atoms with Crippen LogP contribution in [-0.2, 0) is 9.53 Å². The summed E-state index contributed by atoms with van der Waals surface area (Å²) in [5.74, 6) is 5.02. The van der Waals surface area contributed by atoms with Gasteiger partial charge in [0.05, 0.1) is 0 Å². The maximum absolute atomic E-state index is 11.9. The summed E-state index contributed by atoms with van der Waals surface area (Å²) in [6.45, 7) is 4.50. The van der Waals surface area contributed by atoms with Gasteiger partial charge in [-0.05, 0) is 74.5 Å². The first kappa shape index (κ1) is 23.1. The Balaban J connectivity index is 1.27. The first-order valence-corrected chi connectivity index (χ1v) is 13.4. The van der Waals surface area contributed by atoms with Gasteiger partial charge in [0.1, 0.15) is 6.10 Å². The Hall–Kier alpha value is -0.530. The molecule has 0 aromatic heterocycles. The van der Waals surface area contributed by atoms with Crippen molar-refractivity contribution in [3.05, 3.63) is 0 Å². The lowest BCUT2D eigenvalue weighted by Crippen LogP contribution is -2.29. The van der Waals surface area contributed by atoms with Gasteiger partial charge in [-0.15, -0.1) is 0 Å². The van der Waals surface area contributed by atoms with Crippen LogP contribution in [0.15, 0.2) is 0 Å². The summed E-state index contributed by atoms with van der Waals surface area (Å²) >= 11 is 0. The number of ether oxygens (including phenoxy) is 1. The molecule has 3 rings (SSSR count). The van der Waals surface area contributed by atoms with Crippen molar-refractivity contribution in [1.82, 2.24) is 0 Å². The van der Waals surface area contributed by atoms with Crippen LogP contribution < -0.4 is 0 Å². The Morgan fingerprint density at radius 2 is 1.17 bits per heavy atom. The van der Waals surface area contributed by atoms with Crippen molar-refractivity contribution >= 4 is 5.97 Å². The quantitative estimate of drug-likeness (QED) is 0.363. The first-order chi connectivity index (χ1) is 14.2. The third-order valence-corrected chi connectivity index (χ3v) is 8.84. The van der Waals surface area contributed by atoms with E-state index in [0.717, 1.165) is 55.3 Å². The van der Waals surface area contributed by atoms with Crippen LogP contribution in [-0.4, -0.2) is 12.1 Å². The summed E-state index contributed by atoms with van der Waals surface area (Å²) in [5.41, 5.74) is 0. The van der Waals surface area contributed by atoms with E-state index in [4.69, 9.17) is 4.74 Å². The molecule has 0 aromatic rings. The molecule has 0 N–H and O–H groups in total. The van der Waals surface area contributed by atoms with Crippen molar-refractivity contribution in [3.63, 3.8) is 0 Å². The predicted molar refractivity (Wildman–Crippen MR) is 122 cm³/mol. The SMILES string of the molecule is CCCCC(=O)OC1CCC(C2CCC(CCC3CCC(CC)CC3)CC2)CC1. The highest BCUT2D eigenvalue weighted by molar-refractivity contribution is 5.69. The Labute approximate surface area is 180 Å². The second kappa shape index (κ2) is 12.4. The number of carbonyl (C=O) groups excluding carboxylic acids is 1. The van der Waals surface area contributed by atoms with E-state index in [2.05, 4.69) is 13.8 Å². The highest BCUT2D eigenvalue weighted by atomic mass is 16.5. The van der Waals surface area contributed by atoms with Crippen LogP contribution in [0.3, 0.4) is 0 Å². The average Bonchev–Trinajstić information content (AvgIpc) is 2.77. The molecule has 3 fully saturated rings. The number of esters is 1. The lowest BCUT2D eigenvalue weighted by Gasteiger charge is -2.38. The number of hydrogen-bond donors (Lipinski definition) is 0. The zero-order chi connectivity index (χ0) is 20.5. The maximum atomic E-state index is 11.9. The molecule has 0 unspecified atom stereocenters. The largest absolute Gasteiger partial charge is 0.462 e. The fourth-order valence-corrected chi connectivity index (χ4v) is 6.59. The highest BCUT2D eigenvalue weighted by Gasteiger charge is 2.32. The van der Waals surface area contributed by atoms with Gasteiger partial charge < -0.3 is 4.74 Å². The van der Waals surface area contributed by atoms with Crippen molar-refractivity contribution in [2.45, 2.75) is 136 Å². The molecule has 0 aliphatic heterocycles. The number of hydrogen-bond acceptors (Lipinski definition) is 2. The molecule has 29 heavy (non-hydrogen) atoms. The highest BCUT2D eigenvalue weighted by Crippen LogP contribution is 2.42. The van der Waals surface area contributed by atoms with Gasteiger partial charge in [0, 0.05) is 6.42 Å². The number of unbranched alkanes of at least 4 members (excludes halogenated alkanes) is 1. The van der Waals surface area contributed by atoms with E-state index in [1.54, 1.807) is 0 Å². The van der Waals surface area contributed by atoms with Crippen LogP contribution in [0.25, 0.3) is 0 Å². The summed E-state index contributed by atoms with van der Waals surface area (Å²) in [7, 11) is 0. The van der Waals surface area contributed by atoms with Gasteiger partial charge in [0.2, 0.25) is 0 Å². The molecule has 3 aliphatic rings. The number of carbonyl (C=O) groups is 1. The van der Waals surface area contributed by atoms with E-state index in [1.807, 2.05) is 0 Å². The smallest absolute Gasteiger partial charge is 0.306 e. The first-order valence-electron chi connectivity index (χ1n) is 13.4. The minimum Gasteiger partial charge on any atom is -0.462 e.